The van der Waals surface area contributed by atoms with Crippen LogP contribution in [0.5, 0.6) is 5.75 Å². The molecule has 2 aromatic carbocycles. The van der Waals surface area contributed by atoms with Gasteiger partial charge in [0.25, 0.3) is 5.91 Å². The second kappa shape index (κ2) is 8.50. The predicted octanol–water partition coefficient (Wildman–Crippen LogP) is 3.94. The Hall–Kier alpha value is -2.46. The smallest absolute Gasteiger partial charge is 0.257 e. The molecule has 0 aliphatic rings. The maximum absolute atomic E-state index is 12.7. The van der Waals surface area contributed by atoms with Crippen molar-refractivity contribution in [1.29, 1.82) is 0 Å². The van der Waals surface area contributed by atoms with Gasteiger partial charge >= 0.3 is 0 Å². The van der Waals surface area contributed by atoms with E-state index in [1.165, 1.54) is 43.7 Å². The van der Waals surface area contributed by atoms with Gasteiger partial charge in [0.2, 0.25) is 10.0 Å². The molecule has 3 aromatic rings. The van der Waals surface area contributed by atoms with E-state index in [4.69, 9.17) is 16.3 Å². The third kappa shape index (κ3) is 4.59. The number of methoxy groups -OCH3 is 1. The standard InChI is InChI=1S/C19H18ClN3O4S2/c1-11-17(12-4-7-14(20)8-5-12)22-19(28-11)23-18(24)13-6-9-15(27-3)16(10-13)29(25,26)21-2/h4-10,21H,1-3H3,(H,22,23,24). The predicted molar refractivity (Wildman–Crippen MR) is 114 cm³/mol. The number of rotatable bonds is 6. The summed E-state index contributed by atoms with van der Waals surface area (Å²) >= 11 is 7.25. The zero-order valence-electron chi connectivity index (χ0n) is 15.8. The summed E-state index contributed by atoms with van der Waals surface area (Å²) in [5.74, 6) is -0.331. The number of thiazole rings is 1. The molecule has 0 radical (unpaired) electrons. The van der Waals surface area contributed by atoms with Crippen molar-refractivity contribution in [2.24, 2.45) is 0 Å². The van der Waals surface area contributed by atoms with Crippen LogP contribution >= 0.6 is 22.9 Å². The maximum atomic E-state index is 12.7. The van der Waals surface area contributed by atoms with Gasteiger partial charge in [0.05, 0.1) is 12.8 Å². The van der Waals surface area contributed by atoms with Crippen LogP contribution in [0.1, 0.15) is 15.2 Å². The van der Waals surface area contributed by atoms with Gasteiger partial charge in [-0.3, -0.25) is 10.1 Å². The van der Waals surface area contributed by atoms with Crippen LogP contribution in [0.4, 0.5) is 5.13 Å². The quantitative estimate of drug-likeness (QED) is 0.591. The summed E-state index contributed by atoms with van der Waals surface area (Å²) in [6.45, 7) is 1.91. The first-order valence-electron chi connectivity index (χ1n) is 8.41. The highest BCUT2D eigenvalue weighted by molar-refractivity contribution is 7.89. The summed E-state index contributed by atoms with van der Waals surface area (Å²) in [6.07, 6.45) is 0. The molecule has 0 fully saturated rings. The molecule has 1 aromatic heterocycles. The van der Waals surface area contributed by atoms with Crippen molar-refractivity contribution in [3.63, 3.8) is 0 Å². The van der Waals surface area contributed by atoms with Gasteiger partial charge in [-0.05, 0) is 44.3 Å². The first kappa shape index (κ1) is 21.3. The fourth-order valence-corrected chi connectivity index (χ4v) is 4.51. The van der Waals surface area contributed by atoms with Crippen molar-refractivity contribution >= 4 is 44.0 Å². The van der Waals surface area contributed by atoms with E-state index >= 15 is 0 Å². The van der Waals surface area contributed by atoms with E-state index in [1.807, 2.05) is 19.1 Å². The van der Waals surface area contributed by atoms with Gasteiger partial charge in [0.1, 0.15) is 10.6 Å². The van der Waals surface area contributed by atoms with Crippen LogP contribution in [0.25, 0.3) is 11.3 Å². The van der Waals surface area contributed by atoms with Gasteiger partial charge in [0, 0.05) is 21.0 Å². The first-order chi connectivity index (χ1) is 13.7. The molecular weight excluding hydrogens is 434 g/mol. The zero-order valence-corrected chi connectivity index (χ0v) is 18.2. The molecule has 0 aliphatic heterocycles. The fraction of sp³-hybridized carbons (Fsp3) is 0.158. The largest absolute Gasteiger partial charge is 0.495 e. The number of carbonyl (C=O) groups is 1. The number of aromatic nitrogens is 1. The molecule has 1 amide bonds. The van der Waals surface area contributed by atoms with Crippen molar-refractivity contribution < 1.29 is 17.9 Å². The van der Waals surface area contributed by atoms with Crippen LogP contribution in [-0.2, 0) is 10.0 Å². The zero-order chi connectivity index (χ0) is 21.2. The normalized spacial score (nSPS) is 11.3. The van der Waals surface area contributed by atoms with E-state index in [1.54, 1.807) is 12.1 Å². The summed E-state index contributed by atoms with van der Waals surface area (Å²) < 4.78 is 31.7. The molecule has 0 spiro atoms. The monoisotopic (exact) mass is 451 g/mol. The fourth-order valence-electron chi connectivity index (χ4n) is 2.63. The number of aryl methyl sites for hydroxylation is 1. The highest BCUT2D eigenvalue weighted by Crippen LogP contribution is 2.31. The van der Waals surface area contributed by atoms with Crippen molar-refractivity contribution in [3.05, 3.63) is 57.9 Å². The summed E-state index contributed by atoms with van der Waals surface area (Å²) in [5, 5.41) is 3.76. The molecule has 0 bridgehead atoms. The van der Waals surface area contributed by atoms with Crippen LogP contribution < -0.4 is 14.8 Å². The van der Waals surface area contributed by atoms with Crippen LogP contribution in [-0.4, -0.2) is 33.5 Å². The van der Waals surface area contributed by atoms with E-state index in [2.05, 4.69) is 15.0 Å². The van der Waals surface area contributed by atoms with Crippen LogP contribution in [0.2, 0.25) is 5.02 Å². The molecule has 0 saturated heterocycles. The Bertz CT molecular complexity index is 1160. The van der Waals surface area contributed by atoms with Crippen molar-refractivity contribution in [1.82, 2.24) is 9.71 Å². The van der Waals surface area contributed by atoms with Crippen LogP contribution in [0.3, 0.4) is 0 Å². The van der Waals surface area contributed by atoms with Crippen LogP contribution in [0, 0.1) is 6.92 Å². The minimum absolute atomic E-state index is 0.118. The first-order valence-corrected chi connectivity index (χ1v) is 11.1. The van der Waals surface area contributed by atoms with Gasteiger partial charge in [-0.2, -0.15) is 0 Å². The molecule has 0 unspecified atom stereocenters. The Morgan fingerprint density at radius 1 is 1.17 bits per heavy atom. The average molecular weight is 452 g/mol. The number of anilines is 1. The van der Waals surface area contributed by atoms with Crippen molar-refractivity contribution in [2.75, 3.05) is 19.5 Å². The lowest BCUT2D eigenvalue weighted by atomic mass is 10.1. The number of sulfonamides is 1. The maximum Gasteiger partial charge on any atom is 0.257 e. The minimum Gasteiger partial charge on any atom is -0.495 e. The van der Waals surface area contributed by atoms with Gasteiger partial charge in [0.15, 0.2) is 5.13 Å². The molecule has 3 rings (SSSR count). The molecule has 29 heavy (non-hydrogen) atoms. The van der Waals surface area contributed by atoms with Gasteiger partial charge in [-0.25, -0.2) is 18.1 Å². The lowest BCUT2D eigenvalue weighted by Gasteiger charge is -2.10. The molecule has 0 aliphatic carbocycles. The van der Waals surface area contributed by atoms with Gasteiger partial charge in [-0.15, -0.1) is 11.3 Å². The number of nitrogens with zero attached hydrogens (tertiary/aromatic N) is 1. The lowest BCUT2D eigenvalue weighted by molar-refractivity contribution is 0.102. The number of halogens is 1. The number of benzene rings is 2. The van der Waals surface area contributed by atoms with E-state index in [-0.39, 0.29) is 16.2 Å². The van der Waals surface area contributed by atoms with E-state index in [9.17, 15) is 13.2 Å². The molecular formula is C19H18ClN3O4S2. The Balaban J connectivity index is 1.89. The second-order valence-corrected chi connectivity index (χ2v) is 9.45. The number of amides is 1. The molecule has 1 heterocycles. The van der Waals surface area contributed by atoms with E-state index in [0.717, 1.165) is 16.1 Å². The SMILES string of the molecule is CNS(=O)(=O)c1cc(C(=O)Nc2nc(-c3ccc(Cl)cc3)c(C)s2)ccc1OC. The Morgan fingerprint density at radius 3 is 2.48 bits per heavy atom. The minimum atomic E-state index is -3.79. The highest BCUT2D eigenvalue weighted by atomic mass is 35.5. The molecule has 10 heteroatoms. The van der Waals surface area contributed by atoms with Crippen LogP contribution in [0.15, 0.2) is 47.4 Å². The second-order valence-electron chi connectivity index (χ2n) is 5.96. The van der Waals surface area contributed by atoms with Crippen molar-refractivity contribution in [2.45, 2.75) is 11.8 Å². The number of hydrogen-bond acceptors (Lipinski definition) is 6. The highest BCUT2D eigenvalue weighted by Gasteiger charge is 2.21. The molecule has 7 nitrogen and oxygen atoms in total. The Morgan fingerprint density at radius 2 is 1.86 bits per heavy atom. The summed E-state index contributed by atoms with van der Waals surface area (Å²) in [7, 11) is -1.14. The third-order valence-corrected chi connectivity index (χ3v) is 6.69. The number of ether oxygens (including phenoxy) is 1. The van der Waals surface area contributed by atoms with Gasteiger partial charge in [-0.1, -0.05) is 23.7 Å². The average Bonchev–Trinajstić information content (AvgIpc) is 3.07. The number of carbonyl (C=O) groups excluding carboxylic acids is 1. The molecule has 152 valence electrons. The molecule has 0 atom stereocenters. The molecule has 0 saturated carbocycles. The Labute approximate surface area is 177 Å². The molecule has 2 N–H and O–H groups in total. The third-order valence-electron chi connectivity index (χ3n) is 4.12. The lowest BCUT2D eigenvalue weighted by Crippen LogP contribution is -2.20. The summed E-state index contributed by atoms with van der Waals surface area (Å²) in [4.78, 5) is 18.0. The summed E-state index contributed by atoms with van der Waals surface area (Å²) in [5.41, 5.74) is 1.80. The number of hydrogen-bond donors (Lipinski definition) is 2. The van der Waals surface area contributed by atoms with E-state index in [0.29, 0.717) is 10.2 Å². The van der Waals surface area contributed by atoms with Gasteiger partial charge < -0.3 is 4.74 Å². The van der Waals surface area contributed by atoms with E-state index < -0.39 is 15.9 Å². The van der Waals surface area contributed by atoms with Crippen molar-refractivity contribution in [3.8, 4) is 17.0 Å². The Kier molecular flexibility index (Phi) is 6.23. The topological polar surface area (TPSA) is 97.4 Å². The number of nitrogens with one attached hydrogen (secondary N) is 2. The summed E-state index contributed by atoms with van der Waals surface area (Å²) in [6, 6.07) is 11.4.